The molecule has 2 aromatic heterocycles. The van der Waals surface area contributed by atoms with Crippen molar-refractivity contribution in [1.29, 1.82) is 0 Å². The molecule has 106 valence electrons. The van der Waals surface area contributed by atoms with E-state index in [1.54, 1.807) is 25.3 Å². The summed E-state index contributed by atoms with van der Waals surface area (Å²) >= 11 is 0. The van der Waals surface area contributed by atoms with E-state index < -0.39 is 9.84 Å². The summed E-state index contributed by atoms with van der Waals surface area (Å²) in [5, 5.41) is 6.87. The highest BCUT2D eigenvalue weighted by Crippen LogP contribution is 2.21. The third-order valence-corrected chi connectivity index (χ3v) is 4.89. The van der Waals surface area contributed by atoms with Crippen molar-refractivity contribution in [2.45, 2.75) is 19.4 Å². The number of nitrogens with zero attached hydrogens (tertiary/aromatic N) is 3. The molecule has 0 amide bonds. The van der Waals surface area contributed by atoms with Gasteiger partial charge >= 0.3 is 0 Å². The van der Waals surface area contributed by atoms with Crippen LogP contribution in [0.2, 0.25) is 0 Å². The first-order chi connectivity index (χ1) is 9.52. The van der Waals surface area contributed by atoms with E-state index in [0.717, 1.165) is 5.56 Å². The molecular formula is C12H14N4O3S. The summed E-state index contributed by atoms with van der Waals surface area (Å²) in [6.45, 7) is 1.75. The number of aryl methyl sites for hydroxylation is 1. The second kappa shape index (κ2) is 4.86. The van der Waals surface area contributed by atoms with E-state index in [1.807, 2.05) is 0 Å². The smallest absolute Gasteiger partial charge is 0.258 e. The molecule has 1 aliphatic heterocycles. The Bertz CT molecular complexity index is 726. The van der Waals surface area contributed by atoms with E-state index in [-0.39, 0.29) is 17.5 Å². The monoisotopic (exact) mass is 294 g/mol. The topological polar surface area (TPSA) is 98.0 Å². The summed E-state index contributed by atoms with van der Waals surface area (Å²) in [5.74, 6) is 1.98. The van der Waals surface area contributed by atoms with Crippen molar-refractivity contribution in [2.24, 2.45) is 0 Å². The van der Waals surface area contributed by atoms with Crippen LogP contribution in [0.3, 0.4) is 0 Å². The zero-order valence-corrected chi connectivity index (χ0v) is 11.7. The van der Waals surface area contributed by atoms with Gasteiger partial charge in [0.05, 0.1) is 11.5 Å². The fraction of sp³-hybridized carbons (Fsp3) is 0.417. The molecule has 3 rings (SSSR count). The van der Waals surface area contributed by atoms with Crippen molar-refractivity contribution in [3.05, 3.63) is 24.2 Å². The summed E-state index contributed by atoms with van der Waals surface area (Å²) in [4.78, 5) is 8.33. The van der Waals surface area contributed by atoms with Crippen LogP contribution in [0.4, 0.5) is 5.82 Å². The van der Waals surface area contributed by atoms with Gasteiger partial charge in [0.15, 0.2) is 15.7 Å². The second-order valence-corrected chi connectivity index (χ2v) is 7.05. The molecule has 0 radical (unpaired) electrons. The maximum absolute atomic E-state index is 11.4. The van der Waals surface area contributed by atoms with Gasteiger partial charge in [0.1, 0.15) is 5.82 Å². The molecule has 1 atom stereocenters. The van der Waals surface area contributed by atoms with Crippen LogP contribution in [0.1, 0.15) is 12.2 Å². The highest BCUT2D eigenvalue weighted by Gasteiger charge is 2.27. The molecule has 0 spiro atoms. The molecule has 3 heterocycles. The number of rotatable bonds is 3. The van der Waals surface area contributed by atoms with Crippen LogP contribution < -0.4 is 5.32 Å². The minimum absolute atomic E-state index is 0.0906. The maximum atomic E-state index is 11.4. The van der Waals surface area contributed by atoms with Gasteiger partial charge in [-0.25, -0.2) is 13.4 Å². The van der Waals surface area contributed by atoms with Crippen LogP contribution in [0, 0.1) is 6.92 Å². The molecule has 0 aromatic carbocycles. The summed E-state index contributed by atoms with van der Waals surface area (Å²) < 4.78 is 28.0. The van der Waals surface area contributed by atoms with Gasteiger partial charge in [0.25, 0.3) is 5.89 Å². The lowest BCUT2D eigenvalue weighted by molar-refractivity contribution is 0.425. The zero-order chi connectivity index (χ0) is 14.2. The van der Waals surface area contributed by atoms with E-state index in [9.17, 15) is 8.42 Å². The number of pyridine rings is 1. The van der Waals surface area contributed by atoms with Gasteiger partial charge in [-0.1, -0.05) is 5.16 Å². The minimum Gasteiger partial charge on any atom is -0.366 e. The molecule has 0 bridgehead atoms. The summed E-state index contributed by atoms with van der Waals surface area (Å²) in [6, 6.07) is 3.45. The van der Waals surface area contributed by atoms with Gasteiger partial charge in [-0.3, -0.25) is 0 Å². The lowest BCUT2D eigenvalue weighted by Gasteiger charge is -2.11. The molecule has 1 fully saturated rings. The van der Waals surface area contributed by atoms with Crippen molar-refractivity contribution in [3.8, 4) is 11.5 Å². The predicted octanol–water partition coefficient (Wildman–Crippen LogP) is 1.04. The number of hydrogen-bond acceptors (Lipinski definition) is 7. The molecule has 1 saturated heterocycles. The molecule has 0 saturated carbocycles. The quantitative estimate of drug-likeness (QED) is 0.903. The Balaban J connectivity index is 1.78. The highest BCUT2D eigenvalue weighted by atomic mass is 32.2. The first kappa shape index (κ1) is 13.0. The lowest BCUT2D eigenvalue weighted by atomic mass is 10.2. The first-order valence-electron chi connectivity index (χ1n) is 6.25. The normalized spacial score (nSPS) is 20.9. The van der Waals surface area contributed by atoms with Crippen molar-refractivity contribution in [2.75, 3.05) is 16.8 Å². The Morgan fingerprint density at radius 1 is 1.45 bits per heavy atom. The standard InChI is InChI=1S/C12H14N4O3S/c1-8-14-12(19-16-8)9-2-4-13-11(6-9)15-10-3-5-20(17,18)7-10/h2,4,6,10H,3,5,7H2,1H3,(H,13,15). The number of hydrogen-bond donors (Lipinski definition) is 1. The molecule has 1 N–H and O–H groups in total. The Hall–Kier alpha value is -1.96. The van der Waals surface area contributed by atoms with Crippen LogP contribution in [-0.2, 0) is 9.84 Å². The molecule has 1 unspecified atom stereocenters. The number of anilines is 1. The van der Waals surface area contributed by atoms with Gasteiger partial charge in [0, 0.05) is 17.8 Å². The summed E-state index contributed by atoms with van der Waals surface area (Å²) in [7, 11) is -2.91. The average molecular weight is 294 g/mol. The van der Waals surface area contributed by atoms with E-state index in [4.69, 9.17) is 4.52 Å². The van der Waals surface area contributed by atoms with Crippen molar-refractivity contribution >= 4 is 15.7 Å². The van der Waals surface area contributed by atoms with Gasteiger partial charge < -0.3 is 9.84 Å². The number of aromatic nitrogens is 3. The van der Waals surface area contributed by atoms with Gasteiger partial charge in [-0.2, -0.15) is 4.98 Å². The maximum Gasteiger partial charge on any atom is 0.258 e. The molecular weight excluding hydrogens is 280 g/mol. The van der Waals surface area contributed by atoms with E-state index >= 15 is 0 Å². The van der Waals surface area contributed by atoms with Crippen LogP contribution in [0.5, 0.6) is 0 Å². The van der Waals surface area contributed by atoms with E-state index in [1.165, 1.54) is 0 Å². The molecule has 8 heteroatoms. The van der Waals surface area contributed by atoms with Crippen LogP contribution >= 0.6 is 0 Å². The molecule has 1 aliphatic rings. The summed E-state index contributed by atoms with van der Waals surface area (Å²) in [5.41, 5.74) is 0.754. The third-order valence-electron chi connectivity index (χ3n) is 3.12. The largest absolute Gasteiger partial charge is 0.366 e. The second-order valence-electron chi connectivity index (χ2n) is 4.82. The van der Waals surface area contributed by atoms with Gasteiger partial charge in [0.2, 0.25) is 0 Å². The third kappa shape index (κ3) is 2.79. The van der Waals surface area contributed by atoms with Gasteiger partial charge in [-0.05, 0) is 25.5 Å². The van der Waals surface area contributed by atoms with Crippen LogP contribution in [-0.4, -0.2) is 41.1 Å². The van der Waals surface area contributed by atoms with Crippen LogP contribution in [0.25, 0.3) is 11.5 Å². The average Bonchev–Trinajstić information content (AvgIpc) is 2.96. The fourth-order valence-corrected chi connectivity index (χ4v) is 3.85. The lowest BCUT2D eigenvalue weighted by Crippen LogP contribution is -2.21. The van der Waals surface area contributed by atoms with E-state index in [0.29, 0.717) is 24.0 Å². The van der Waals surface area contributed by atoms with Crippen LogP contribution in [0.15, 0.2) is 22.9 Å². The van der Waals surface area contributed by atoms with Crippen molar-refractivity contribution in [3.63, 3.8) is 0 Å². The zero-order valence-electron chi connectivity index (χ0n) is 10.9. The fourth-order valence-electron chi connectivity index (χ4n) is 2.17. The Kier molecular flexibility index (Phi) is 3.17. The molecule has 7 nitrogen and oxygen atoms in total. The minimum atomic E-state index is -2.91. The molecule has 0 aliphatic carbocycles. The van der Waals surface area contributed by atoms with Gasteiger partial charge in [-0.15, -0.1) is 0 Å². The SMILES string of the molecule is Cc1noc(-c2ccnc(NC3CCS(=O)(=O)C3)c2)n1. The highest BCUT2D eigenvalue weighted by molar-refractivity contribution is 7.91. The first-order valence-corrected chi connectivity index (χ1v) is 8.08. The molecule has 2 aromatic rings. The van der Waals surface area contributed by atoms with Crippen molar-refractivity contribution < 1.29 is 12.9 Å². The Labute approximate surface area is 116 Å². The molecule has 20 heavy (non-hydrogen) atoms. The number of nitrogens with one attached hydrogen (secondary N) is 1. The summed E-state index contributed by atoms with van der Waals surface area (Å²) in [6.07, 6.45) is 2.23. The van der Waals surface area contributed by atoms with E-state index in [2.05, 4.69) is 20.4 Å². The predicted molar refractivity (Wildman–Crippen MR) is 72.9 cm³/mol. The Morgan fingerprint density at radius 3 is 2.95 bits per heavy atom. The number of sulfone groups is 1. The Morgan fingerprint density at radius 2 is 2.30 bits per heavy atom. The van der Waals surface area contributed by atoms with Crippen molar-refractivity contribution in [1.82, 2.24) is 15.1 Å².